The molecule has 0 spiro atoms. The van der Waals surface area contributed by atoms with E-state index in [2.05, 4.69) is 22.9 Å². The Bertz CT molecular complexity index is 427. The van der Waals surface area contributed by atoms with E-state index in [1.54, 1.807) is 0 Å². The number of hydrogen-bond acceptors (Lipinski definition) is 3. The standard InChI is InChI=1S/C16H25N3O/c1-2-8-18-16(20)14-4-3-5-15(11-14)19-12-13-6-9-17-10-7-13/h3-5,11,13,17,19H,2,6-10,12H2,1H3,(H,18,20). The van der Waals surface area contributed by atoms with Gasteiger partial charge in [0.2, 0.25) is 0 Å². The van der Waals surface area contributed by atoms with E-state index in [1.807, 2.05) is 24.3 Å². The van der Waals surface area contributed by atoms with Crippen LogP contribution >= 0.6 is 0 Å². The van der Waals surface area contributed by atoms with Gasteiger partial charge in [-0.3, -0.25) is 4.79 Å². The molecule has 0 bridgehead atoms. The van der Waals surface area contributed by atoms with Crippen molar-refractivity contribution in [2.45, 2.75) is 26.2 Å². The Balaban J connectivity index is 1.86. The summed E-state index contributed by atoms with van der Waals surface area (Å²) in [5.74, 6) is 0.742. The SMILES string of the molecule is CCCNC(=O)c1cccc(NCC2CCNCC2)c1. The molecule has 1 heterocycles. The second-order valence-electron chi connectivity index (χ2n) is 5.41. The molecule has 3 N–H and O–H groups in total. The van der Waals surface area contributed by atoms with Crippen LogP contribution in [0, 0.1) is 5.92 Å². The van der Waals surface area contributed by atoms with E-state index in [4.69, 9.17) is 0 Å². The van der Waals surface area contributed by atoms with Crippen LogP contribution in [0.5, 0.6) is 0 Å². The van der Waals surface area contributed by atoms with Gasteiger partial charge in [-0.05, 0) is 56.5 Å². The maximum atomic E-state index is 11.9. The average Bonchev–Trinajstić information content (AvgIpc) is 2.52. The normalized spacial score (nSPS) is 15.8. The van der Waals surface area contributed by atoms with Crippen LogP contribution in [-0.2, 0) is 0 Å². The molecule has 0 aliphatic carbocycles. The zero-order chi connectivity index (χ0) is 14.2. The number of benzene rings is 1. The van der Waals surface area contributed by atoms with E-state index < -0.39 is 0 Å². The molecule has 2 rings (SSSR count). The van der Waals surface area contributed by atoms with Crippen LogP contribution in [0.3, 0.4) is 0 Å². The van der Waals surface area contributed by atoms with E-state index in [0.717, 1.165) is 49.8 Å². The van der Waals surface area contributed by atoms with Gasteiger partial charge in [-0.15, -0.1) is 0 Å². The molecule has 1 fully saturated rings. The third kappa shape index (κ3) is 4.53. The minimum absolute atomic E-state index is 0.0115. The molecule has 0 atom stereocenters. The van der Waals surface area contributed by atoms with Gasteiger partial charge >= 0.3 is 0 Å². The lowest BCUT2D eigenvalue weighted by atomic mass is 9.98. The summed E-state index contributed by atoms with van der Waals surface area (Å²) >= 11 is 0. The fourth-order valence-electron chi connectivity index (χ4n) is 2.46. The van der Waals surface area contributed by atoms with Gasteiger partial charge in [-0.25, -0.2) is 0 Å². The van der Waals surface area contributed by atoms with Crippen molar-refractivity contribution in [2.24, 2.45) is 5.92 Å². The lowest BCUT2D eigenvalue weighted by molar-refractivity contribution is 0.0953. The molecule has 1 aliphatic rings. The van der Waals surface area contributed by atoms with E-state index in [1.165, 1.54) is 12.8 Å². The van der Waals surface area contributed by atoms with E-state index in [0.29, 0.717) is 0 Å². The van der Waals surface area contributed by atoms with Crippen molar-refractivity contribution in [1.82, 2.24) is 10.6 Å². The molecule has 0 saturated carbocycles. The molecule has 1 aliphatic heterocycles. The van der Waals surface area contributed by atoms with Crippen molar-refractivity contribution < 1.29 is 4.79 Å². The summed E-state index contributed by atoms with van der Waals surface area (Å²) in [7, 11) is 0. The molecular weight excluding hydrogens is 250 g/mol. The van der Waals surface area contributed by atoms with Crippen molar-refractivity contribution in [1.29, 1.82) is 0 Å². The van der Waals surface area contributed by atoms with Crippen LogP contribution < -0.4 is 16.0 Å². The Hall–Kier alpha value is -1.55. The predicted octanol–water partition coefficient (Wildman–Crippen LogP) is 2.24. The predicted molar refractivity (Wildman–Crippen MR) is 83.1 cm³/mol. The minimum Gasteiger partial charge on any atom is -0.385 e. The van der Waals surface area contributed by atoms with E-state index >= 15 is 0 Å². The summed E-state index contributed by atoms with van der Waals surface area (Å²) in [5.41, 5.74) is 1.77. The van der Waals surface area contributed by atoms with Crippen LogP contribution in [0.1, 0.15) is 36.5 Å². The maximum Gasteiger partial charge on any atom is 0.251 e. The molecule has 0 unspecified atom stereocenters. The van der Waals surface area contributed by atoms with Gasteiger partial charge < -0.3 is 16.0 Å². The Morgan fingerprint density at radius 2 is 2.15 bits per heavy atom. The summed E-state index contributed by atoms with van der Waals surface area (Å²) in [6.45, 7) is 6.00. The van der Waals surface area contributed by atoms with Crippen molar-refractivity contribution in [3.8, 4) is 0 Å². The Morgan fingerprint density at radius 3 is 2.90 bits per heavy atom. The van der Waals surface area contributed by atoms with Crippen LogP contribution in [0.15, 0.2) is 24.3 Å². The highest BCUT2D eigenvalue weighted by molar-refractivity contribution is 5.95. The number of carbonyl (C=O) groups excluding carboxylic acids is 1. The first-order chi connectivity index (χ1) is 9.79. The molecule has 0 aromatic heterocycles. The Labute approximate surface area is 121 Å². The first kappa shape index (κ1) is 14.9. The molecule has 4 heteroatoms. The molecule has 1 aromatic carbocycles. The summed E-state index contributed by atoms with van der Waals surface area (Å²) in [4.78, 5) is 11.9. The zero-order valence-corrected chi connectivity index (χ0v) is 12.2. The van der Waals surface area contributed by atoms with Crippen LogP contribution in [-0.4, -0.2) is 32.1 Å². The van der Waals surface area contributed by atoms with Crippen molar-refractivity contribution in [2.75, 3.05) is 31.5 Å². The van der Waals surface area contributed by atoms with Crippen LogP contribution in [0.4, 0.5) is 5.69 Å². The second-order valence-corrected chi connectivity index (χ2v) is 5.41. The van der Waals surface area contributed by atoms with Gasteiger partial charge in [0.05, 0.1) is 0 Å². The first-order valence-electron chi connectivity index (χ1n) is 7.62. The largest absolute Gasteiger partial charge is 0.385 e. The highest BCUT2D eigenvalue weighted by Gasteiger charge is 2.12. The van der Waals surface area contributed by atoms with E-state index in [9.17, 15) is 4.79 Å². The fraction of sp³-hybridized carbons (Fsp3) is 0.562. The van der Waals surface area contributed by atoms with Gasteiger partial charge in [0.1, 0.15) is 0 Å². The molecule has 4 nitrogen and oxygen atoms in total. The molecule has 1 saturated heterocycles. The van der Waals surface area contributed by atoms with Crippen molar-refractivity contribution >= 4 is 11.6 Å². The molecule has 110 valence electrons. The highest BCUT2D eigenvalue weighted by Crippen LogP contribution is 2.15. The number of nitrogens with one attached hydrogen (secondary N) is 3. The summed E-state index contributed by atoms with van der Waals surface area (Å²) in [6.07, 6.45) is 3.41. The molecule has 0 radical (unpaired) electrons. The molecule has 1 amide bonds. The Morgan fingerprint density at radius 1 is 1.35 bits per heavy atom. The first-order valence-corrected chi connectivity index (χ1v) is 7.62. The molecular formula is C16H25N3O. The third-order valence-corrected chi connectivity index (χ3v) is 3.71. The summed E-state index contributed by atoms with van der Waals surface area (Å²) in [5, 5.41) is 9.74. The number of anilines is 1. The monoisotopic (exact) mass is 275 g/mol. The Kier molecular flexibility index (Phi) is 5.87. The van der Waals surface area contributed by atoms with Gasteiger partial charge in [0.25, 0.3) is 5.91 Å². The number of rotatable bonds is 6. The third-order valence-electron chi connectivity index (χ3n) is 3.71. The molecule has 20 heavy (non-hydrogen) atoms. The quantitative estimate of drug-likeness (QED) is 0.746. The lowest BCUT2D eigenvalue weighted by Gasteiger charge is -2.23. The topological polar surface area (TPSA) is 53.2 Å². The van der Waals surface area contributed by atoms with Crippen molar-refractivity contribution in [3.05, 3.63) is 29.8 Å². The van der Waals surface area contributed by atoms with Crippen molar-refractivity contribution in [3.63, 3.8) is 0 Å². The summed E-state index contributed by atoms with van der Waals surface area (Å²) < 4.78 is 0. The second kappa shape index (κ2) is 7.90. The van der Waals surface area contributed by atoms with Crippen LogP contribution in [0.25, 0.3) is 0 Å². The van der Waals surface area contributed by atoms with Crippen LogP contribution in [0.2, 0.25) is 0 Å². The average molecular weight is 275 g/mol. The smallest absolute Gasteiger partial charge is 0.251 e. The van der Waals surface area contributed by atoms with Gasteiger partial charge in [-0.2, -0.15) is 0 Å². The highest BCUT2D eigenvalue weighted by atomic mass is 16.1. The number of hydrogen-bond donors (Lipinski definition) is 3. The minimum atomic E-state index is 0.0115. The zero-order valence-electron chi connectivity index (χ0n) is 12.2. The van der Waals surface area contributed by atoms with Gasteiger partial charge in [0, 0.05) is 24.3 Å². The maximum absolute atomic E-state index is 11.9. The number of carbonyl (C=O) groups is 1. The molecule has 1 aromatic rings. The lowest BCUT2D eigenvalue weighted by Crippen LogP contribution is -2.31. The van der Waals surface area contributed by atoms with Gasteiger partial charge in [-0.1, -0.05) is 13.0 Å². The fourth-order valence-corrected chi connectivity index (χ4v) is 2.46. The van der Waals surface area contributed by atoms with Gasteiger partial charge in [0.15, 0.2) is 0 Å². The van der Waals surface area contributed by atoms with E-state index in [-0.39, 0.29) is 5.91 Å². The number of amides is 1. The summed E-state index contributed by atoms with van der Waals surface area (Å²) in [6, 6.07) is 7.76. The number of piperidine rings is 1.